The quantitative estimate of drug-likeness (QED) is 0.356. The number of halogens is 3. The van der Waals surface area contributed by atoms with Gasteiger partial charge in [0.2, 0.25) is 0 Å². The van der Waals surface area contributed by atoms with Crippen molar-refractivity contribution in [3.63, 3.8) is 0 Å². The van der Waals surface area contributed by atoms with Gasteiger partial charge in [0.25, 0.3) is 0 Å². The Hall–Kier alpha value is -2.66. The number of alkyl halides is 3. The Bertz CT molecular complexity index is 994. The molecular weight excluding hydrogens is 401 g/mol. The van der Waals surface area contributed by atoms with Crippen LogP contribution < -0.4 is 0 Å². The van der Waals surface area contributed by atoms with Gasteiger partial charge in [0.15, 0.2) is 0 Å². The highest BCUT2D eigenvalue weighted by Gasteiger charge is 2.30. The minimum absolute atomic E-state index is 0.0372. The Morgan fingerprint density at radius 3 is 2.52 bits per heavy atom. The van der Waals surface area contributed by atoms with Gasteiger partial charge in [0.05, 0.1) is 22.5 Å². The van der Waals surface area contributed by atoms with Crippen molar-refractivity contribution >= 4 is 34.6 Å². The van der Waals surface area contributed by atoms with Crippen molar-refractivity contribution in [2.24, 2.45) is 5.16 Å². The molecule has 0 unspecified atom stereocenters. The molecule has 0 aliphatic heterocycles. The second-order valence-electron chi connectivity index (χ2n) is 5.36. The van der Waals surface area contributed by atoms with E-state index in [1.54, 1.807) is 12.3 Å². The number of carbonyl (C=O) groups excluding carboxylic acids is 1. The number of hydrogen-bond donors (Lipinski definition) is 0. The van der Waals surface area contributed by atoms with E-state index in [0.29, 0.717) is 11.4 Å². The van der Waals surface area contributed by atoms with Crippen LogP contribution in [0.2, 0.25) is 0 Å². The number of nitrogens with zero attached hydrogens (tertiary/aromatic N) is 4. The lowest BCUT2D eigenvalue weighted by Crippen LogP contribution is -2.07. The standard InChI is InChI=1S/C16H11F3N4O2S2/c1-8(12-7-26-14(20-12)13-9(2)21-23-27-13)22-25-15(24)10-3-5-11(6-4-10)16(17,18)19/h3-7H,1-2H3/b22-8+. The van der Waals surface area contributed by atoms with Crippen molar-refractivity contribution in [2.45, 2.75) is 20.0 Å². The molecule has 0 aliphatic carbocycles. The maximum absolute atomic E-state index is 12.5. The Labute approximate surface area is 159 Å². The summed E-state index contributed by atoms with van der Waals surface area (Å²) >= 11 is 2.60. The predicted molar refractivity (Wildman–Crippen MR) is 94.8 cm³/mol. The number of oxime groups is 1. The fourth-order valence-electron chi connectivity index (χ4n) is 1.98. The number of carbonyl (C=O) groups is 1. The molecule has 11 heteroatoms. The van der Waals surface area contributed by atoms with Crippen molar-refractivity contribution in [2.75, 3.05) is 0 Å². The van der Waals surface area contributed by atoms with Gasteiger partial charge in [-0.1, -0.05) is 9.64 Å². The summed E-state index contributed by atoms with van der Waals surface area (Å²) in [5, 5.41) is 10.1. The van der Waals surface area contributed by atoms with Crippen molar-refractivity contribution in [3.05, 3.63) is 52.2 Å². The molecule has 2 aromatic heterocycles. The molecule has 0 atom stereocenters. The van der Waals surface area contributed by atoms with E-state index in [1.165, 1.54) is 22.9 Å². The molecule has 3 rings (SSSR count). The van der Waals surface area contributed by atoms with E-state index in [0.717, 1.165) is 39.8 Å². The minimum atomic E-state index is -4.47. The summed E-state index contributed by atoms with van der Waals surface area (Å²) in [4.78, 5) is 22.0. The molecule has 0 radical (unpaired) electrons. The van der Waals surface area contributed by atoms with Gasteiger partial charge < -0.3 is 4.84 Å². The number of aryl methyl sites for hydroxylation is 1. The summed E-state index contributed by atoms with van der Waals surface area (Å²) in [6.07, 6.45) is -4.47. The van der Waals surface area contributed by atoms with E-state index in [4.69, 9.17) is 4.84 Å². The Balaban J connectivity index is 1.69. The van der Waals surface area contributed by atoms with Crippen LogP contribution in [-0.4, -0.2) is 26.3 Å². The lowest BCUT2D eigenvalue weighted by Gasteiger charge is -2.06. The van der Waals surface area contributed by atoms with Crippen LogP contribution in [0.3, 0.4) is 0 Å². The number of rotatable bonds is 4. The molecular formula is C16H11F3N4O2S2. The average molecular weight is 412 g/mol. The van der Waals surface area contributed by atoms with E-state index < -0.39 is 17.7 Å². The van der Waals surface area contributed by atoms with Crippen molar-refractivity contribution < 1.29 is 22.8 Å². The molecule has 27 heavy (non-hydrogen) atoms. The lowest BCUT2D eigenvalue weighted by molar-refractivity contribution is -0.137. The molecule has 0 spiro atoms. The second-order valence-corrected chi connectivity index (χ2v) is 6.97. The molecule has 140 valence electrons. The highest BCUT2D eigenvalue weighted by Crippen LogP contribution is 2.30. The molecule has 0 saturated carbocycles. The molecule has 0 amide bonds. The number of benzene rings is 1. The Morgan fingerprint density at radius 2 is 1.93 bits per heavy atom. The third-order valence-corrected chi connectivity index (χ3v) is 5.26. The number of aromatic nitrogens is 3. The molecule has 0 N–H and O–H groups in total. The predicted octanol–water partition coefficient (Wildman–Crippen LogP) is 4.57. The van der Waals surface area contributed by atoms with Crippen LogP contribution in [0.4, 0.5) is 13.2 Å². The fourth-order valence-corrected chi connectivity index (χ4v) is 3.63. The van der Waals surface area contributed by atoms with Crippen LogP contribution in [-0.2, 0) is 11.0 Å². The van der Waals surface area contributed by atoms with Crippen LogP contribution in [0.1, 0.15) is 34.2 Å². The summed E-state index contributed by atoms with van der Waals surface area (Å²) in [6, 6.07) is 3.70. The van der Waals surface area contributed by atoms with E-state index in [1.807, 2.05) is 6.92 Å². The summed E-state index contributed by atoms with van der Waals surface area (Å²) in [5.74, 6) is -0.860. The molecule has 1 aromatic carbocycles. The van der Waals surface area contributed by atoms with Gasteiger partial charge in [-0.2, -0.15) is 13.2 Å². The van der Waals surface area contributed by atoms with Crippen molar-refractivity contribution in [1.82, 2.24) is 14.6 Å². The van der Waals surface area contributed by atoms with Gasteiger partial charge in [0, 0.05) is 5.38 Å². The topological polar surface area (TPSA) is 77.3 Å². The third-order valence-electron chi connectivity index (χ3n) is 3.43. The van der Waals surface area contributed by atoms with E-state index >= 15 is 0 Å². The Morgan fingerprint density at radius 1 is 1.22 bits per heavy atom. The van der Waals surface area contributed by atoms with Crippen LogP contribution >= 0.6 is 22.9 Å². The summed E-state index contributed by atoms with van der Waals surface area (Å²) in [6.45, 7) is 3.43. The first-order valence-electron chi connectivity index (χ1n) is 7.44. The average Bonchev–Trinajstić information content (AvgIpc) is 3.27. The normalized spacial score (nSPS) is 12.3. The zero-order chi connectivity index (χ0) is 19.6. The van der Waals surface area contributed by atoms with Crippen LogP contribution in [0.5, 0.6) is 0 Å². The minimum Gasteiger partial charge on any atom is -0.312 e. The molecule has 6 nitrogen and oxygen atoms in total. The van der Waals surface area contributed by atoms with Gasteiger partial charge in [-0.05, 0) is 49.6 Å². The maximum atomic E-state index is 12.5. The zero-order valence-electron chi connectivity index (χ0n) is 13.9. The SMILES string of the molecule is C/C(=N\OC(=O)c1ccc(C(F)(F)F)cc1)c1csc(-c2snnc2C)n1. The number of thiazole rings is 1. The first-order valence-corrected chi connectivity index (χ1v) is 9.09. The summed E-state index contributed by atoms with van der Waals surface area (Å²) in [7, 11) is 0. The monoisotopic (exact) mass is 412 g/mol. The molecule has 2 heterocycles. The largest absolute Gasteiger partial charge is 0.416 e. The van der Waals surface area contributed by atoms with E-state index in [9.17, 15) is 18.0 Å². The number of hydrogen-bond acceptors (Lipinski definition) is 8. The van der Waals surface area contributed by atoms with Crippen LogP contribution in [0.25, 0.3) is 9.88 Å². The third kappa shape index (κ3) is 4.37. The fraction of sp³-hybridized carbons (Fsp3) is 0.188. The summed E-state index contributed by atoms with van der Waals surface area (Å²) < 4.78 is 41.5. The first kappa shape index (κ1) is 19.1. The van der Waals surface area contributed by atoms with Crippen LogP contribution in [0.15, 0.2) is 34.8 Å². The van der Waals surface area contributed by atoms with Gasteiger partial charge in [-0.3, -0.25) is 0 Å². The maximum Gasteiger partial charge on any atom is 0.416 e. The molecule has 0 bridgehead atoms. The van der Waals surface area contributed by atoms with E-state index in [2.05, 4.69) is 19.7 Å². The highest BCUT2D eigenvalue weighted by atomic mass is 32.1. The second kappa shape index (κ2) is 7.53. The lowest BCUT2D eigenvalue weighted by atomic mass is 10.1. The molecule has 0 saturated heterocycles. The van der Waals surface area contributed by atoms with Gasteiger partial charge >= 0.3 is 12.1 Å². The van der Waals surface area contributed by atoms with Gasteiger partial charge in [0.1, 0.15) is 15.6 Å². The smallest absolute Gasteiger partial charge is 0.312 e. The highest BCUT2D eigenvalue weighted by molar-refractivity contribution is 7.18. The summed E-state index contributed by atoms with van der Waals surface area (Å²) in [5.41, 5.74) is 0.756. The molecule has 0 aliphatic rings. The van der Waals surface area contributed by atoms with Gasteiger partial charge in [-0.25, -0.2) is 9.78 Å². The molecule has 3 aromatic rings. The molecule has 0 fully saturated rings. The van der Waals surface area contributed by atoms with Crippen molar-refractivity contribution in [3.8, 4) is 9.88 Å². The van der Waals surface area contributed by atoms with E-state index in [-0.39, 0.29) is 5.56 Å². The van der Waals surface area contributed by atoms with Gasteiger partial charge in [-0.15, -0.1) is 16.4 Å². The van der Waals surface area contributed by atoms with Crippen LogP contribution in [0, 0.1) is 6.92 Å². The van der Waals surface area contributed by atoms with Crippen molar-refractivity contribution in [1.29, 1.82) is 0 Å². The first-order chi connectivity index (χ1) is 12.8. The zero-order valence-corrected chi connectivity index (χ0v) is 15.6. The Kier molecular flexibility index (Phi) is 5.33.